The molecule has 21 heavy (non-hydrogen) atoms. The molecular weight excluding hydrogens is 281 g/mol. The van der Waals surface area contributed by atoms with Crippen LogP contribution in [-0.4, -0.2) is 53.2 Å². The van der Waals surface area contributed by atoms with E-state index in [1.807, 2.05) is 0 Å². The number of benzene rings is 1. The number of carbonyl (C=O) groups is 2. The van der Waals surface area contributed by atoms with E-state index in [1.54, 1.807) is 7.05 Å². The minimum atomic E-state index is -0.837. The Kier molecular flexibility index (Phi) is 4.15. The maximum atomic E-state index is 13.7. The summed E-state index contributed by atoms with van der Waals surface area (Å²) >= 11 is 0. The van der Waals surface area contributed by atoms with E-state index in [9.17, 15) is 24.1 Å². The number of likely N-dealkylation sites (N-methyl/N-ethyl adjacent to an activating group) is 1. The van der Waals surface area contributed by atoms with E-state index in [0.29, 0.717) is 19.5 Å². The Morgan fingerprint density at radius 3 is 2.76 bits per heavy atom. The van der Waals surface area contributed by atoms with Gasteiger partial charge in [0.1, 0.15) is 12.4 Å². The Bertz CT molecular complexity index is 605. The molecule has 0 saturated carbocycles. The molecule has 1 aromatic carbocycles. The van der Waals surface area contributed by atoms with Crippen LogP contribution in [0.2, 0.25) is 0 Å². The molecule has 1 saturated heterocycles. The predicted molar refractivity (Wildman–Crippen MR) is 71.2 cm³/mol. The number of nitro benzene ring substituents is 1. The summed E-state index contributed by atoms with van der Waals surface area (Å²) in [5.41, 5.74) is -0.750. The summed E-state index contributed by atoms with van der Waals surface area (Å²) in [7, 11) is 1.63. The summed E-state index contributed by atoms with van der Waals surface area (Å²) in [6.07, 6.45) is 0.574. The minimum absolute atomic E-state index is 0.155. The summed E-state index contributed by atoms with van der Waals surface area (Å²) in [6.45, 7) is 0.661. The standard InChI is InChI=1S/C13H14FN3O4/c1-15-5-2-6-16(8-12(15)18)13(19)10-7-9(17(20)21)3-4-11(10)14/h3-4,7H,2,5-6,8H2,1H3. The fourth-order valence-corrected chi connectivity index (χ4v) is 2.12. The Morgan fingerprint density at radius 1 is 1.38 bits per heavy atom. The molecule has 0 unspecified atom stereocenters. The third-order valence-corrected chi connectivity index (χ3v) is 3.35. The average Bonchev–Trinajstić information content (AvgIpc) is 2.61. The van der Waals surface area contributed by atoms with Crippen molar-refractivity contribution in [1.29, 1.82) is 0 Å². The third kappa shape index (κ3) is 3.15. The molecule has 0 aliphatic carbocycles. The number of rotatable bonds is 2. The highest BCUT2D eigenvalue weighted by molar-refractivity contribution is 5.97. The van der Waals surface area contributed by atoms with Crippen LogP contribution in [0.15, 0.2) is 18.2 Å². The lowest BCUT2D eigenvalue weighted by Crippen LogP contribution is -2.38. The molecule has 0 atom stereocenters. The van der Waals surface area contributed by atoms with Gasteiger partial charge in [0.15, 0.2) is 0 Å². The van der Waals surface area contributed by atoms with Crippen LogP contribution in [0.25, 0.3) is 0 Å². The number of nitrogens with zero attached hydrogens (tertiary/aromatic N) is 3. The predicted octanol–water partition coefficient (Wildman–Crippen LogP) is 1.04. The van der Waals surface area contributed by atoms with Crippen LogP contribution in [0.4, 0.5) is 10.1 Å². The van der Waals surface area contributed by atoms with Gasteiger partial charge in [0.05, 0.1) is 10.5 Å². The van der Waals surface area contributed by atoms with Gasteiger partial charge in [-0.25, -0.2) is 4.39 Å². The van der Waals surface area contributed by atoms with E-state index in [0.717, 1.165) is 18.2 Å². The lowest BCUT2D eigenvalue weighted by Gasteiger charge is -2.20. The van der Waals surface area contributed by atoms with Crippen molar-refractivity contribution in [2.75, 3.05) is 26.7 Å². The van der Waals surface area contributed by atoms with E-state index in [-0.39, 0.29) is 23.7 Å². The van der Waals surface area contributed by atoms with Gasteiger partial charge >= 0.3 is 0 Å². The summed E-state index contributed by atoms with van der Waals surface area (Å²) < 4.78 is 13.7. The van der Waals surface area contributed by atoms with Gasteiger partial charge in [0.2, 0.25) is 5.91 Å². The van der Waals surface area contributed by atoms with Crippen LogP contribution in [0.1, 0.15) is 16.8 Å². The molecule has 1 aromatic rings. The van der Waals surface area contributed by atoms with Crippen molar-refractivity contribution >= 4 is 17.5 Å². The first-order valence-electron chi connectivity index (χ1n) is 6.37. The van der Waals surface area contributed by atoms with Crippen LogP contribution in [0, 0.1) is 15.9 Å². The van der Waals surface area contributed by atoms with E-state index >= 15 is 0 Å². The first-order valence-corrected chi connectivity index (χ1v) is 6.37. The van der Waals surface area contributed by atoms with Gasteiger partial charge in [0.25, 0.3) is 11.6 Å². The fourth-order valence-electron chi connectivity index (χ4n) is 2.12. The van der Waals surface area contributed by atoms with Gasteiger partial charge in [-0.05, 0) is 12.5 Å². The van der Waals surface area contributed by atoms with Gasteiger partial charge < -0.3 is 9.80 Å². The lowest BCUT2D eigenvalue weighted by molar-refractivity contribution is -0.384. The van der Waals surface area contributed by atoms with E-state index in [2.05, 4.69) is 0 Å². The third-order valence-electron chi connectivity index (χ3n) is 3.35. The Morgan fingerprint density at radius 2 is 2.10 bits per heavy atom. The molecule has 0 bridgehead atoms. The van der Waals surface area contributed by atoms with Crippen LogP contribution in [0.5, 0.6) is 0 Å². The Hall–Kier alpha value is -2.51. The highest BCUT2D eigenvalue weighted by Gasteiger charge is 2.26. The molecular formula is C13H14FN3O4. The van der Waals surface area contributed by atoms with Crippen molar-refractivity contribution in [3.05, 3.63) is 39.7 Å². The number of hydrogen-bond donors (Lipinski definition) is 0. The van der Waals surface area contributed by atoms with Gasteiger partial charge in [-0.15, -0.1) is 0 Å². The number of nitro groups is 1. The second-order valence-corrected chi connectivity index (χ2v) is 4.82. The molecule has 2 rings (SSSR count). The van der Waals surface area contributed by atoms with Crippen LogP contribution in [0.3, 0.4) is 0 Å². The molecule has 0 spiro atoms. The maximum Gasteiger partial charge on any atom is 0.270 e. The molecule has 1 aliphatic heterocycles. The zero-order valence-electron chi connectivity index (χ0n) is 11.4. The van der Waals surface area contributed by atoms with Crippen LogP contribution < -0.4 is 0 Å². The largest absolute Gasteiger partial charge is 0.344 e. The highest BCUT2D eigenvalue weighted by Crippen LogP contribution is 2.19. The molecule has 1 aliphatic rings. The van der Waals surface area contributed by atoms with E-state index < -0.39 is 16.6 Å². The number of halogens is 1. The van der Waals surface area contributed by atoms with Crippen molar-refractivity contribution < 1.29 is 18.9 Å². The maximum absolute atomic E-state index is 13.7. The SMILES string of the molecule is CN1CCCN(C(=O)c2cc([N+](=O)[O-])ccc2F)CC1=O. The van der Waals surface area contributed by atoms with Crippen molar-refractivity contribution in [2.45, 2.75) is 6.42 Å². The van der Waals surface area contributed by atoms with Gasteiger partial charge in [-0.3, -0.25) is 19.7 Å². The van der Waals surface area contributed by atoms with Gasteiger partial charge in [-0.2, -0.15) is 0 Å². The van der Waals surface area contributed by atoms with Crippen molar-refractivity contribution in [1.82, 2.24) is 9.80 Å². The summed E-state index contributed by atoms with van der Waals surface area (Å²) in [5.74, 6) is -1.79. The number of carbonyl (C=O) groups excluding carboxylic acids is 2. The normalized spacial score (nSPS) is 15.8. The van der Waals surface area contributed by atoms with Gasteiger partial charge in [0, 0.05) is 32.3 Å². The molecule has 8 heteroatoms. The van der Waals surface area contributed by atoms with E-state index in [1.165, 1.54) is 9.80 Å². The Labute approximate surface area is 120 Å². The molecule has 112 valence electrons. The smallest absolute Gasteiger partial charge is 0.270 e. The minimum Gasteiger partial charge on any atom is -0.344 e. The Balaban J connectivity index is 2.29. The second kappa shape index (κ2) is 5.86. The monoisotopic (exact) mass is 295 g/mol. The first-order chi connectivity index (χ1) is 9.90. The molecule has 0 aromatic heterocycles. The first kappa shape index (κ1) is 14.9. The quantitative estimate of drug-likeness (QED) is 0.603. The second-order valence-electron chi connectivity index (χ2n) is 4.82. The summed E-state index contributed by atoms with van der Waals surface area (Å²) in [6, 6.07) is 2.78. The summed E-state index contributed by atoms with van der Waals surface area (Å²) in [5, 5.41) is 10.7. The van der Waals surface area contributed by atoms with Crippen LogP contribution in [-0.2, 0) is 4.79 Å². The molecule has 2 amide bonds. The topological polar surface area (TPSA) is 83.8 Å². The van der Waals surface area contributed by atoms with E-state index in [4.69, 9.17) is 0 Å². The molecule has 1 fully saturated rings. The number of hydrogen-bond acceptors (Lipinski definition) is 4. The van der Waals surface area contributed by atoms with Crippen molar-refractivity contribution in [2.24, 2.45) is 0 Å². The zero-order chi connectivity index (χ0) is 15.6. The average molecular weight is 295 g/mol. The number of amides is 2. The molecule has 1 heterocycles. The lowest BCUT2D eigenvalue weighted by atomic mass is 10.1. The molecule has 0 radical (unpaired) electrons. The highest BCUT2D eigenvalue weighted by atomic mass is 19.1. The fraction of sp³-hybridized carbons (Fsp3) is 0.385. The zero-order valence-corrected chi connectivity index (χ0v) is 11.4. The number of non-ortho nitro benzene ring substituents is 1. The van der Waals surface area contributed by atoms with Gasteiger partial charge in [-0.1, -0.05) is 0 Å². The van der Waals surface area contributed by atoms with Crippen LogP contribution >= 0.6 is 0 Å². The molecule has 0 N–H and O–H groups in total. The van der Waals surface area contributed by atoms with Crippen molar-refractivity contribution in [3.8, 4) is 0 Å². The van der Waals surface area contributed by atoms with Crippen molar-refractivity contribution in [3.63, 3.8) is 0 Å². The molecule has 7 nitrogen and oxygen atoms in total. The summed E-state index contributed by atoms with van der Waals surface area (Å²) in [4.78, 5) is 36.8.